The number of allylic oxidation sites excluding steroid dienone is 2. The molecule has 0 aromatic carbocycles. The van der Waals surface area contributed by atoms with Gasteiger partial charge in [0.25, 0.3) is 0 Å². The lowest BCUT2D eigenvalue weighted by molar-refractivity contribution is 0.0724. The fourth-order valence-electron chi connectivity index (χ4n) is 2.48. The van der Waals surface area contributed by atoms with Crippen molar-refractivity contribution in [2.75, 3.05) is 13.2 Å². The summed E-state index contributed by atoms with van der Waals surface area (Å²) in [5.41, 5.74) is 11.6. The summed E-state index contributed by atoms with van der Waals surface area (Å²) < 4.78 is 5.64. The lowest BCUT2D eigenvalue weighted by atomic mass is 9.95. The van der Waals surface area contributed by atoms with Crippen LogP contribution in [0, 0.1) is 0 Å². The summed E-state index contributed by atoms with van der Waals surface area (Å²) in [6.45, 7) is 5.88. The van der Waals surface area contributed by atoms with Gasteiger partial charge in [-0.05, 0) is 37.8 Å². The molecule has 1 fully saturated rings. The van der Waals surface area contributed by atoms with E-state index in [4.69, 9.17) is 10.5 Å². The van der Waals surface area contributed by atoms with Crippen molar-refractivity contribution < 1.29 is 4.74 Å². The van der Waals surface area contributed by atoms with E-state index in [9.17, 15) is 0 Å². The molecule has 72 valence electrons. The number of nitrogens with two attached hydrogens (primary N) is 1. The molecule has 1 heterocycles. The molecule has 2 nitrogen and oxygen atoms in total. The second kappa shape index (κ2) is 3.28. The van der Waals surface area contributed by atoms with Gasteiger partial charge in [0.05, 0.1) is 12.7 Å². The monoisotopic (exact) mass is 179 g/mol. The Morgan fingerprint density at radius 1 is 1.38 bits per heavy atom. The first-order chi connectivity index (χ1) is 6.24. The van der Waals surface area contributed by atoms with Crippen LogP contribution in [0.15, 0.2) is 22.3 Å². The van der Waals surface area contributed by atoms with E-state index in [1.165, 1.54) is 22.3 Å². The van der Waals surface area contributed by atoms with Crippen LogP contribution < -0.4 is 5.73 Å². The maximum Gasteiger partial charge on any atom is 0.0949 e. The van der Waals surface area contributed by atoms with Crippen molar-refractivity contribution in [1.29, 1.82) is 0 Å². The van der Waals surface area contributed by atoms with E-state index in [0.29, 0.717) is 6.54 Å². The second-order valence-electron chi connectivity index (χ2n) is 3.97. The molecule has 0 aromatic rings. The Labute approximate surface area is 79.5 Å². The van der Waals surface area contributed by atoms with Crippen LogP contribution in [0.3, 0.4) is 0 Å². The van der Waals surface area contributed by atoms with Crippen molar-refractivity contribution in [3.63, 3.8) is 0 Å². The minimum absolute atomic E-state index is 0.168. The Morgan fingerprint density at radius 2 is 2.15 bits per heavy atom. The minimum atomic E-state index is 0.168. The second-order valence-corrected chi connectivity index (χ2v) is 3.97. The largest absolute Gasteiger partial charge is 0.372 e. The predicted molar refractivity (Wildman–Crippen MR) is 53.4 cm³/mol. The van der Waals surface area contributed by atoms with Crippen molar-refractivity contribution in [2.45, 2.75) is 32.8 Å². The first kappa shape index (κ1) is 8.97. The molecule has 0 amide bonds. The van der Waals surface area contributed by atoms with Gasteiger partial charge in [0.15, 0.2) is 0 Å². The highest BCUT2D eigenvalue weighted by Gasteiger charge is 2.29. The van der Waals surface area contributed by atoms with Gasteiger partial charge in [-0.2, -0.15) is 0 Å². The van der Waals surface area contributed by atoms with Gasteiger partial charge in [0.2, 0.25) is 0 Å². The fraction of sp³-hybridized carbons (Fsp3) is 0.636. The topological polar surface area (TPSA) is 35.2 Å². The Balaban J connectivity index is 2.35. The highest BCUT2D eigenvalue weighted by Crippen LogP contribution is 2.39. The van der Waals surface area contributed by atoms with Gasteiger partial charge in [-0.25, -0.2) is 0 Å². The number of hydrogen-bond acceptors (Lipinski definition) is 2. The molecule has 1 atom stereocenters. The van der Waals surface area contributed by atoms with Gasteiger partial charge < -0.3 is 10.5 Å². The van der Waals surface area contributed by atoms with Crippen LogP contribution in [0.25, 0.3) is 0 Å². The average Bonchev–Trinajstić information content (AvgIpc) is 2.43. The number of fused-ring (bicyclic) bond motifs is 1. The predicted octanol–water partition coefficient (Wildman–Crippen LogP) is 1.77. The van der Waals surface area contributed by atoms with Crippen molar-refractivity contribution in [3.8, 4) is 0 Å². The molecule has 2 rings (SSSR count). The van der Waals surface area contributed by atoms with Crippen LogP contribution in [-0.2, 0) is 4.74 Å². The molecule has 2 N–H and O–H groups in total. The molecule has 1 aliphatic heterocycles. The van der Waals surface area contributed by atoms with Crippen LogP contribution in [0.2, 0.25) is 0 Å². The Hall–Kier alpha value is -0.600. The van der Waals surface area contributed by atoms with Crippen molar-refractivity contribution in [2.24, 2.45) is 5.73 Å². The zero-order valence-corrected chi connectivity index (χ0v) is 8.39. The molecule has 2 aliphatic rings. The summed E-state index contributed by atoms with van der Waals surface area (Å²) in [5, 5.41) is 0. The van der Waals surface area contributed by atoms with Gasteiger partial charge in [-0.3, -0.25) is 0 Å². The van der Waals surface area contributed by atoms with Crippen LogP contribution in [-0.4, -0.2) is 19.3 Å². The zero-order chi connectivity index (χ0) is 9.42. The molecule has 1 saturated heterocycles. The summed E-state index contributed by atoms with van der Waals surface area (Å²) in [6, 6.07) is 0. The zero-order valence-electron chi connectivity index (χ0n) is 8.39. The van der Waals surface area contributed by atoms with Gasteiger partial charge >= 0.3 is 0 Å². The van der Waals surface area contributed by atoms with Crippen LogP contribution in [0.4, 0.5) is 0 Å². The molecule has 0 bridgehead atoms. The number of hydrogen-bond donors (Lipinski definition) is 1. The smallest absolute Gasteiger partial charge is 0.0949 e. The summed E-state index contributed by atoms with van der Waals surface area (Å²) in [7, 11) is 0. The molecule has 1 aliphatic carbocycles. The minimum Gasteiger partial charge on any atom is -0.372 e. The van der Waals surface area contributed by atoms with Gasteiger partial charge in [0, 0.05) is 6.54 Å². The first-order valence-electron chi connectivity index (χ1n) is 4.94. The third-order valence-corrected chi connectivity index (χ3v) is 3.04. The lowest BCUT2D eigenvalue weighted by Gasteiger charge is -2.26. The molecular weight excluding hydrogens is 162 g/mol. The quantitative estimate of drug-likeness (QED) is 0.666. The maximum atomic E-state index is 5.69. The van der Waals surface area contributed by atoms with E-state index in [0.717, 1.165) is 19.4 Å². The summed E-state index contributed by atoms with van der Waals surface area (Å²) >= 11 is 0. The summed E-state index contributed by atoms with van der Waals surface area (Å²) in [6.07, 6.45) is 2.38. The normalized spacial score (nSPS) is 28.4. The molecule has 0 spiro atoms. The Morgan fingerprint density at radius 3 is 2.85 bits per heavy atom. The molecule has 13 heavy (non-hydrogen) atoms. The van der Waals surface area contributed by atoms with Crippen molar-refractivity contribution >= 4 is 0 Å². The number of ether oxygens (including phenoxy) is 1. The Bertz CT molecular complexity index is 288. The highest BCUT2D eigenvalue weighted by molar-refractivity contribution is 5.49. The third-order valence-electron chi connectivity index (χ3n) is 3.04. The van der Waals surface area contributed by atoms with E-state index in [1.54, 1.807) is 0 Å². The van der Waals surface area contributed by atoms with Crippen molar-refractivity contribution in [3.05, 3.63) is 22.3 Å². The molecular formula is C11H17NO. The van der Waals surface area contributed by atoms with E-state index in [-0.39, 0.29) is 6.10 Å². The molecule has 0 aromatic heterocycles. The molecule has 0 radical (unpaired) electrons. The van der Waals surface area contributed by atoms with Crippen LogP contribution >= 0.6 is 0 Å². The van der Waals surface area contributed by atoms with E-state index in [2.05, 4.69) is 13.8 Å². The first-order valence-corrected chi connectivity index (χ1v) is 4.94. The van der Waals surface area contributed by atoms with E-state index < -0.39 is 0 Å². The van der Waals surface area contributed by atoms with Gasteiger partial charge in [-0.15, -0.1) is 0 Å². The van der Waals surface area contributed by atoms with Crippen molar-refractivity contribution in [1.82, 2.24) is 0 Å². The number of rotatable bonds is 1. The standard InChI is InChI=1S/C11H17NO/c1-7-5-8(2)11-9(7)3-4-13-10(11)6-12/h10H,3-6,12H2,1-2H3. The third kappa shape index (κ3) is 1.34. The summed E-state index contributed by atoms with van der Waals surface area (Å²) in [5.74, 6) is 0. The fourth-order valence-corrected chi connectivity index (χ4v) is 2.48. The van der Waals surface area contributed by atoms with E-state index in [1.807, 2.05) is 0 Å². The SMILES string of the molecule is CC1=C2CCOC(CN)C2=C(C)C1. The van der Waals surface area contributed by atoms with Gasteiger partial charge in [-0.1, -0.05) is 11.1 Å². The van der Waals surface area contributed by atoms with Crippen LogP contribution in [0.1, 0.15) is 26.7 Å². The highest BCUT2D eigenvalue weighted by atomic mass is 16.5. The van der Waals surface area contributed by atoms with Crippen LogP contribution in [0.5, 0.6) is 0 Å². The molecule has 2 heteroatoms. The molecule has 0 saturated carbocycles. The average molecular weight is 179 g/mol. The Kier molecular flexibility index (Phi) is 2.26. The lowest BCUT2D eigenvalue weighted by Crippen LogP contribution is -2.31. The van der Waals surface area contributed by atoms with E-state index >= 15 is 0 Å². The maximum absolute atomic E-state index is 5.69. The molecule has 1 unspecified atom stereocenters. The summed E-state index contributed by atoms with van der Waals surface area (Å²) in [4.78, 5) is 0. The van der Waals surface area contributed by atoms with Gasteiger partial charge in [0.1, 0.15) is 0 Å².